The number of aryl methyl sites for hydroxylation is 1. The van der Waals surface area contributed by atoms with Crippen LogP contribution in [0.25, 0.3) is 0 Å². The number of nitrogens with zero attached hydrogens (tertiary/aromatic N) is 4. The Morgan fingerprint density at radius 2 is 2.27 bits per heavy atom. The van der Waals surface area contributed by atoms with Crippen LogP contribution in [-0.2, 0) is 11.8 Å². The number of anilines is 1. The first-order valence-electron chi connectivity index (χ1n) is 8.02. The zero-order chi connectivity index (χ0) is 15.5. The Hall–Kier alpha value is -1.76. The number of carbonyl (C=O) groups is 1. The minimum absolute atomic E-state index is 0.0354. The summed E-state index contributed by atoms with van der Waals surface area (Å²) in [5, 5.41) is 7.40. The Kier molecular flexibility index (Phi) is 4.52. The van der Waals surface area contributed by atoms with Gasteiger partial charge in [-0.3, -0.25) is 4.68 Å². The van der Waals surface area contributed by atoms with Crippen molar-refractivity contribution < 1.29 is 9.53 Å². The van der Waals surface area contributed by atoms with Crippen LogP contribution in [0.2, 0.25) is 0 Å². The second-order valence-corrected chi connectivity index (χ2v) is 6.23. The van der Waals surface area contributed by atoms with Crippen molar-refractivity contribution in [3.05, 3.63) is 12.4 Å². The van der Waals surface area contributed by atoms with Crippen LogP contribution in [-0.4, -0.2) is 65.6 Å². The number of hydrogen-bond acceptors (Lipinski definition) is 4. The monoisotopic (exact) mass is 307 g/mol. The molecule has 0 radical (unpaired) electrons. The lowest BCUT2D eigenvalue weighted by Crippen LogP contribution is -2.54. The van der Waals surface area contributed by atoms with Gasteiger partial charge in [0.15, 0.2) is 0 Å². The molecule has 7 heteroatoms. The largest absolute Gasteiger partial charge is 0.375 e. The van der Waals surface area contributed by atoms with E-state index in [-0.39, 0.29) is 18.2 Å². The van der Waals surface area contributed by atoms with Gasteiger partial charge in [0.05, 0.1) is 24.6 Å². The van der Waals surface area contributed by atoms with Gasteiger partial charge in [-0.25, -0.2) is 4.79 Å². The van der Waals surface area contributed by atoms with E-state index in [4.69, 9.17) is 4.74 Å². The number of amides is 2. The van der Waals surface area contributed by atoms with Crippen molar-refractivity contribution in [2.45, 2.75) is 31.9 Å². The summed E-state index contributed by atoms with van der Waals surface area (Å²) >= 11 is 0. The molecule has 0 bridgehead atoms. The van der Waals surface area contributed by atoms with E-state index in [0.717, 1.165) is 31.6 Å². The average molecular weight is 307 g/mol. The topological polar surface area (TPSA) is 62.6 Å². The third-order valence-electron chi connectivity index (χ3n) is 4.33. The van der Waals surface area contributed by atoms with Crippen molar-refractivity contribution in [1.82, 2.24) is 20.0 Å². The molecule has 3 rings (SSSR count). The van der Waals surface area contributed by atoms with E-state index >= 15 is 0 Å². The summed E-state index contributed by atoms with van der Waals surface area (Å²) in [4.78, 5) is 16.5. The van der Waals surface area contributed by atoms with Gasteiger partial charge in [0, 0.05) is 45.5 Å². The van der Waals surface area contributed by atoms with Crippen molar-refractivity contribution in [1.29, 1.82) is 0 Å². The summed E-state index contributed by atoms with van der Waals surface area (Å²) in [5.41, 5.74) is 1.13. The maximum Gasteiger partial charge on any atom is 0.317 e. The molecule has 1 aromatic heterocycles. The van der Waals surface area contributed by atoms with Crippen LogP contribution >= 0.6 is 0 Å². The highest BCUT2D eigenvalue weighted by Crippen LogP contribution is 2.19. The summed E-state index contributed by atoms with van der Waals surface area (Å²) in [6, 6.07) is 0.229. The number of ether oxygens (including phenoxy) is 1. The number of aromatic nitrogens is 2. The number of carbonyl (C=O) groups excluding carboxylic acids is 1. The molecule has 22 heavy (non-hydrogen) atoms. The molecule has 2 fully saturated rings. The quantitative estimate of drug-likeness (QED) is 0.879. The molecule has 3 heterocycles. The summed E-state index contributed by atoms with van der Waals surface area (Å²) in [5.74, 6) is 0. The summed E-state index contributed by atoms with van der Waals surface area (Å²) in [6.45, 7) is 5.84. The smallest absolute Gasteiger partial charge is 0.317 e. The molecule has 7 nitrogen and oxygen atoms in total. The first kappa shape index (κ1) is 15.1. The van der Waals surface area contributed by atoms with Gasteiger partial charge in [-0.1, -0.05) is 0 Å². The maximum atomic E-state index is 12.4. The van der Waals surface area contributed by atoms with Gasteiger partial charge in [-0.15, -0.1) is 0 Å². The molecule has 2 amide bonds. The second kappa shape index (κ2) is 6.56. The third-order valence-corrected chi connectivity index (χ3v) is 4.33. The molecule has 2 aliphatic rings. The van der Waals surface area contributed by atoms with Gasteiger partial charge >= 0.3 is 6.03 Å². The molecular weight excluding hydrogens is 282 g/mol. The molecule has 0 aromatic carbocycles. The Morgan fingerprint density at radius 3 is 3.00 bits per heavy atom. The summed E-state index contributed by atoms with van der Waals surface area (Å²) in [6.07, 6.45) is 6.14. The normalized spacial score (nSPS) is 26.1. The number of morpholine rings is 1. The summed E-state index contributed by atoms with van der Waals surface area (Å²) < 4.78 is 7.30. The maximum absolute atomic E-state index is 12.4. The first-order chi connectivity index (χ1) is 10.6. The molecular formula is C15H25N5O2. The van der Waals surface area contributed by atoms with Crippen LogP contribution in [0.3, 0.4) is 0 Å². The SMILES string of the molecule is C[C@H]1CN(C(=O)N[C@H]2CCCN(c3cnn(C)c3)C2)CCO1. The predicted molar refractivity (Wildman–Crippen MR) is 84.0 cm³/mol. The molecule has 1 N–H and O–H groups in total. The molecule has 2 atom stereocenters. The standard InChI is InChI=1S/C15H25N5O2/c1-12-9-20(6-7-22-12)15(21)17-13-4-3-5-19(10-13)14-8-16-18(2)11-14/h8,11-13H,3-7,9-10H2,1-2H3,(H,17,21)/t12-,13-/m0/s1. The molecule has 0 spiro atoms. The Bertz CT molecular complexity index is 518. The highest BCUT2D eigenvalue weighted by molar-refractivity contribution is 5.74. The summed E-state index contributed by atoms with van der Waals surface area (Å²) in [7, 11) is 1.92. The first-order valence-corrected chi connectivity index (χ1v) is 8.02. The van der Waals surface area contributed by atoms with Crippen LogP contribution in [0.5, 0.6) is 0 Å². The Labute approximate surface area is 131 Å². The predicted octanol–water partition coefficient (Wildman–Crippen LogP) is 0.819. The van der Waals surface area contributed by atoms with Gasteiger partial charge < -0.3 is 19.9 Å². The molecule has 2 aliphatic heterocycles. The van der Waals surface area contributed by atoms with Crippen molar-refractivity contribution in [3.63, 3.8) is 0 Å². The van der Waals surface area contributed by atoms with Gasteiger partial charge in [0.2, 0.25) is 0 Å². The van der Waals surface area contributed by atoms with E-state index in [2.05, 4.69) is 15.3 Å². The fourth-order valence-corrected chi connectivity index (χ4v) is 3.17. The molecule has 0 aliphatic carbocycles. The van der Waals surface area contributed by atoms with Crippen molar-refractivity contribution in [2.24, 2.45) is 7.05 Å². The van der Waals surface area contributed by atoms with Crippen LogP contribution < -0.4 is 10.2 Å². The highest BCUT2D eigenvalue weighted by atomic mass is 16.5. The highest BCUT2D eigenvalue weighted by Gasteiger charge is 2.26. The fraction of sp³-hybridized carbons (Fsp3) is 0.733. The van der Waals surface area contributed by atoms with E-state index in [0.29, 0.717) is 19.7 Å². The number of piperidine rings is 1. The van der Waals surface area contributed by atoms with E-state index in [1.807, 2.05) is 35.9 Å². The Balaban J connectivity index is 1.54. The van der Waals surface area contributed by atoms with Crippen LogP contribution in [0, 0.1) is 0 Å². The zero-order valence-corrected chi connectivity index (χ0v) is 13.4. The Morgan fingerprint density at radius 1 is 1.41 bits per heavy atom. The third kappa shape index (κ3) is 3.52. The van der Waals surface area contributed by atoms with Crippen molar-refractivity contribution in [2.75, 3.05) is 37.7 Å². The zero-order valence-electron chi connectivity index (χ0n) is 13.4. The molecule has 0 unspecified atom stereocenters. The van der Waals surface area contributed by atoms with E-state index in [1.165, 1.54) is 0 Å². The molecule has 2 saturated heterocycles. The molecule has 122 valence electrons. The van der Waals surface area contributed by atoms with Crippen LogP contribution in [0.1, 0.15) is 19.8 Å². The fourth-order valence-electron chi connectivity index (χ4n) is 3.17. The lowest BCUT2D eigenvalue weighted by atomic mass is 10.1. The molecule has 0 saturated carbocycles. The van der Waals surface area contributed by atoms with Gasteiger partial charge in [-0.2, -0.15) is 5.10 Å². The van der Waals surface area contributed by atoms with E-state index in [9.17, 15) is 4.79 Å². The minimum atomic E-state index is 0.0354. The van der Waals surface area contributed by atoms with Gasteiger partial charge in [0.25, 0.3) is 0 Å². The lowest BCUT2D eigenvalue weighted by molar-refractivity contribution is -0.00392. The average Bonchev–Trinajstić information content (AvgIpc) is 2.94. The second-order valence-electron chi connectivity index (χ2n) is 6.23. The van der Waals surface area contributed by atoms with Crippen LogP contribution in [0.4, 0.5) is 10.5 Å². The number of rotatable bonds is 2. The number of urea groups is 1. The number of hydrogen-bond donors (Lipinski definition) is 1. The van der Waals surface area contributed by atoms with Crippen molar-refractivity contribution in [3.8, 4) is 0 Å². The molecule has 1 aromatic rings. The van der Waals surface area contributed by atoms with Gasteiger partial charge in [-0.05, 0) is 19.8 Å². The lowest BCUT2D eigenvalue weighted by Gasteiger charge is -2.36. The van der Waals surface area contributed by atoms with Crippen LogP contribution in [0.15, 0.2) is 12.4 Å². The van der Waals surface area contributed by atoms with Gasteiger partial charge in [0.1, 0.15) is 0 Å². The minimum Gasteiger partial charge on any atom is -0.375 e. The van der Waals surface area contributed by atoms with Crippen molar-refractivity contribution >= 4 is 11.7 Å². The van der Waals surface area contributed by atoms with E-state index in [1.54, 1.807) is 0 Å². The van der Waals surface area contributed by atoms with E-state index < -0.39 is 0 Å². The number of nitrogens with one attached hydrogen (secondary N) is 1.